The summed E-state index contributed by atoms with van der Waals surface area (Å²) < 4.78 is 12.0. The Morgan fingerprint density at radius 3 is 2.52 bits per heavy atom. The highest BCUT2D eigenvalue weighted by Crippen LogP contribution is 2.32. The number of aromatic amines is 1. The van der Waals surface area contributed by atoms with Crippen LogP contribution in [0.5, 0.6) is 11.5 Å². The lowest BCUT2D eigenvalue weighted by molar-refractivity contribution is 0.266. The first kappa shape index (κ1) is 19.0. The number of H-pyrrole nitrogens is 1. The van der Waals surface area contributed by atoms with Crippen LogP contribution in [0.15, 0.2) is 72.8 Å². The summed E-state index contributed by atoms with van der Waals surface area (Å²) in [7, 11) is 0. The topological polar surface area (TPSA) is 59.2 Å². The third-order valence-electron chi connectivity index (χ3n) is 4.63. The van der Waals surface area contributed by atoms with Crippen molar-refractivity contribution in [3.63, 3.8) is 0 Å². The molecule has 5 nitrogen and oxygen atoms in total. The highest BCUT2D eigenvalue weighted by atomic mass is 16.5. The van der Waals surface area contributed by atoms with Gasteiger partial charge in [-0.25, -0.2) is 4.98 Å². The maximum absolute atomic E-state index is 6.17. The molecule has 0 saturated carbocycles. The highest BCUT2D eigenvalue weighted by Gasteiger charge is 2.12. The number of ether oxygens (including phenoxy) is 2. The fourth-order valence-electron chi connectivity index (χ4n) is 3.27. The molecule has 0 saturated heterocycles. The molecule has 5 heteroatoms. The van der Waals surface area contributed by atoms with Crippen molar-refractivity contribution in [1.29, 1.82) is 0 Å². The maximum atomic E-state index is 6.17. The number of nitrogens with zero attached hydrogens (tertiary/aromatic N) is 1. The zero-order chi connectivity index (χ0) is 19.9. The van der Waals surface area contributed by atoms with Crippen LogP contribution in [-0.4, -0.2) is 16.6 Å². The summed E-state index contributed by atoms with van der Waals surface area (Å²) in [5, 5.41) is 3.46. The van der Waals surface area contributed by atoms with Gasteiger partial charge in [-0.05, 0) is 30.7 Å². The van der Waals surface area contributed by atoms with Gasteiger partial charge >= 0.3 is 0 Å². The zero-order valence-electron chi connectivity index (χ0n) is 16.5. The maximum Gasteiger partial charge on any atom is 0.166 e. The van der Waals surface area contributed by atoms with E-state index in [1.807, 2.05) is 61.5 Å². The fourth-order valence-corrected chi connectivity index (χ4v) is 3.27. The van der Waals surface area contributed by atoms with Crippen molar-refractivity contribution >= 4 is 11.0 Å². The molecular weight excluding hydrogens is 362 g/mol. The molecule has 2 N–H and O–H groups in total. The zero-order valence-corrected chi connectivity index (χ0v) is 16.5. The summed E-state index contributed by atoms with van der Waals surface area (Å²) in [5.41, 5.74) is 4.21. The van der Waals surface area contributed by atoms with Gasteiger partial charge in [0.1, 0.15) is 12.4 Å². The molecule has 0 unspecified atom stereocenters. The van der Waals surface area contributed by atoms with E-state index in [4.69, 9.17) is 9.47 Å². The molecule has 0 spiro atoms. The van der Waals surface area contributed by atoms with Crippen LogP contribution in [0.2, 0.25) is 0 Å². The number of benzene rings is 3. The van der Waals surface area contributed by atoms with Crippen molar-refractivity contribution in [3.8, 4) is 11.5 Å². The van der Waals surface area contributed by atoms with Crippen molar-refractivity contribution in [2.45, 2.75) is 26.6 Å². The van der Waals surface area contributed by atoms with Crippen LogP contribution in [0.4, 0.5) is 0 Å². The van der Waals surface area contributed by atoms with E-state index >= 15 is 0 Å². The standard InChI is InChI=1S/C24H25N3O2/c1-2-28-22-14-8-11-19(24(22)29-17-18-9-4-3-5-10-18)15-25-16-23-26-20-12-6-7-13-21(20)27-23/h3-14,25H,2,15-17H2,1H3,(H,26,27). The molecule has 0 bridgehead atoms. The summed E-state index contributed by atoms with van der Waals surface area (Å²) in [6.07, 6.45) is 0. The molecule has 4 rings (SSSR count). The number of hydrogen-bond acceptors (Lipinski definition) is 4. The quantitative estimate of drug-likeness (QED) is 0.432. The van der Waals surface area contributed by atoms with Crippen molar-refractivity contribution in [2.24, 2.45) is 0 Å². The predicted octanol–water partition coefficient (Wildman–Crippen LogP) is 4.83. The predicted molar refractivity (Wildman–Crippen MR) is 115 cm³/mol. The lowest BCUT2D eigenvalue weighted by Gasteiger charge is -2.16. The Labute approximate surface area is 170 Å². The number of hydrogen-bond donors (Lipinski definition) is 2. The first-order valence-electron chi connectivity index (χ1n) is 9.89. The molecule has 148 valence electrons. The van der Waals surface area contributed by atoms with Gasteiger partial charge < -0.3 is 19.8 Å². The Morgan fingerprint density at radius 2 is 1.69 bits per heavy atom. The largest absolute Gasteiger partial charge is 0.490 e. The van der Waals surface area contributed by atoms with Crippen molar-refractivity contribution in [3.05, 3.63) is 89.7 Å². The summed E-state index contributed by atoms with van der Waals surface area (Å²) in [6, 6.07) is 24.2. The fraction of sp³-hybridized carbons (Fsp3) is 0.208. The lowest BCUT2D eigenvalue weighted by atomic mass is 10.1. The molecule has 0 aliphatic heterocycles. The second-order valence-electron chi connectivity index (χ2n) is 6.76. The van der Waals surface area contributed by atoms with Gasteiger partial charge in [0, 0.05) is 12.1 Å². The number of aromatic nitrogens is 2. The molecule has 0 aliphatic rings. The monoisotopic (exact) mass is 387 g/mol. The molecule has 0 amide bonds. The van der Waals surface area contributed by atoms with Crippen LogP contribution in [0.3, 0.4) is 0 Å². The molecule has 0 fully saturated rings. The molecule has 0 aliphatic carbocycles. The first-order chi connectivity index (χ1) is 14.3. The molecule has 1 aromatic heterocycles. The van der Waals surface area contributed by atoms with Crippen LogP contribution in [0.1, 0.15) is 23.9 Å². The van der Waals surface area contributed by atoms with Crippen LogP contribution in [0, 0.1) is 0 Å². The van der Waals surface area contributed by atoms with Gasteiger partial charge in [0.05, 0.1) is 24.2 Å². The summed E-state index contributed by atoms with van der Waals surface area (Å²) >= 11 is 0. The average Bonchev–Trinajstić information content (AvgIpc) is 3.17. The number of rotatable bonds is 9. The van der Waals surface area contributed by atoms with Crippen LogP contribution >= 0.6 is 0 Å². The van der Waals surface area contributed by atoms with E-state index in [-0.39, 0.29) is 0 Å². The molecule has 1 heterocycles. The number of para-hydroxylation sites is 3. The third kappa shape index (κ3) is 4.76. The smallest absolute Gasteiger partial charge is 0.166 e. The minimum Gasteiger partial charge on any atom is -0.490 e. The Balaban J connectivity index is 1.45. The summed E-state index contributed by atoms with van der Waals surface area (Å²) in [6.45, 7) is 4.38. The van der Waals surface area contributed by atoms with Crippen LogP contribution in [0.25, 0.3) is 11.0 Å². The number of imidazole rings is 1. The number of nitrogens with one attached hydrogen (secondary N) is 2. The third-order valence-corrected chi connectivity index (χ3v) is 4.63. The van der Waals surface area contributed by atoms with Gasteiger partial charge in [-0.1, -0.05) is 54.6 Å². The van der Waals surface area contributed by atoms with Gasteiger partial charge in [0.2, 0.25) is 0 Å². The summed E-state index contributed by atoms with van der Waals surface area (Å²) in [5.74, 6) is 2.47. The Kier molecular flexibility index (Phi) is 6.07. The van der Waals surface area contributed by atoms with Crippen LogP contribution in [-0.2, 0) is 19.7 Å². The van der Waals surface area contributed by atoms with Gasteiger partial charge in [-0.3, -0.25) is 0 Å². The van der Waals surface area contributed by atoms with E-state index in [1.165, 1.54) is 0 Å². The van der Waals surface area contributed by atoms with E-state index in [9.17, 15) is 0 Å². The lowest BCUT2D eigenvalue weighted by Crippen LogP contribution is -2.15. The van der Waals surface area contributed by atoms with Gasteiger partial charge in [0.25, 0.3) is 0 Å². The van der Waals surface area contributed by atoms with Gasteiger partial charge in [0.15, 0.2) is 11.5 Å². The van der Waals surface area contributed by atoms with E-state index in [0.717, 1.165) is 39.5 Å². The van der Waals surface area contributed by atoms with E-state index in [0.29, 0.717) is 26.3 Å². The minimum absolute atomic E-state index is 0.501. The molecule has 0 atom stereocenters. The normalized spacial score (nSPS) is 10.9. The average molecular weight is 387 g/mol. The minimum atomic E-state index is 0.501. The van der Waals surface area contributed by atoms with Crippen molar-refractivity contribution < 1.29 is 9.47 Å². The second-order valence-corrected chi connectivity index (χ2v) is 6.76. The molecule has 3 aromatic carbocycles. The van der Waals surface area contributed by atoms with Crippen LogP contribution < -0.4 is 14.8 Å². The summed E-state index contributed by atoms with van der Waals surface area (Å²) in [4.78, 5) is 7.96. The van der Waals surface area contributed by atoms with Gasteiger partial charge in [-0.2, -0.15) is 0 Å². The molecular formula is C24H25N3O2. The molecule has 0 radical (unpaired) electrons. The Morgan fingerprint density at radius 1 is 0.862 bits per heavy atom. The molecule has 29 heavy (non-hydrogen) atoms. The van der Waals surface area contributed by atoms with Gasteiger partial charge in [-0.15, -0.1) is 0 Å². The van der Waals surface area contributed by atoms with E-state index < -0.39 is 0 Å². The van der Waals surface area contributed by atoms with E-state index in [1.54, 1.807) is 0 Å². The second kappa shape index (κ2) is 9.26. The molecule has 4 aromatic rings. The first-order valence-corrected chi connectivity index (χ1v) is 9.89. The van der Waals surface area contributed by atoms with Crippen molar-refractivity contribution in [1.82, 2.24) is 15.3 Å². The Hall–Kier alpha value is -3.31. The SMILES string of the molecule is CCOc1cccc(CNCc2nc3ccccc3[nH]2)c1OCc1ccccc1. The van der Waals surface area contributed by atoms with Crippen molar-refractivity contribution in [2.75, 3.05) is 6.61 Å². The van der Waals surface area contributed by atoms with E-state index in [2.05, 4.69) is 33.5 Å². The Bertz CT molecular complexity index is 1030. The number of fused-ring (bicyclic) bond motifs is 1. The highest BCUT2D eigenvalue weighted by molar-refractivity contribution is 5.74.